The molecule has 1 aliphatic carbocycles. The average molecular weight is 349 g/mol. The van der Waals surface area contributed by atoms with Crippen molar-refractivity contribution in [3.8, 4) is 11.5 Å². The molecule has 0 saturated heterocycles. The van der Waals surface area contributed by atoms with Gasteiger partial charge in [0.15, 0.2) is 18.1 Å². The van der Waals surface area contributed by atoms with Gasteiger partial charge in [-0.1, -0.05) is 19.3 Å². The van der Waals surface area contributed by atoms with Gasteiger partial charge in [0.1, 0.15) is 0 Å². The minimum absolute atomic E-state index is 0.204. The lowest BCUT2D eigenvalue weighted by Crippen LogP contribution is -2.38. The first-order chi connectivity index (χ1) is 12.1. The van der Waals surface area contributed by atoms with Gasteiger partial charge in [-0.25, -0.2) is 4.79 Å². The van der Waals surface area contributed by atoms with Gasteiger partial charge in [-0.05, 0) is 44.9 Å². The van der Waals surface area contributed by atoms with E-state index in [2.05, 4.69) is 5.32 Å². The molecule has 1 amide bonds. The molecule has 0 aromatic heterocycles. The highest BCUT2D eigenvalue weighted by Gasteiger charge is 2.18. The molecule has 0 heterocycles. The summed E-state index contributed by atoms with van der Waals surface area (Å²) in [5.74, 6) is 0.264. The van der Waals surface area contributed by atoms with Crippen molar-refractivity contribution in [1.82, 2.24) is 5.32 Å². The van der Waals surface area contributed by atoms with Crippen LogP contribution in [0.2, 0.25) is 0 Å². The Bertz CT molecular complexity index is 581. The molecule has 1 N–H and O–H groups in total. The third kappa shape index (κ3) is 5.96. The fraction of sp³-hybridized carbons (Fsp3) is 0.579. The molecule has 1 aromatic rings. The van der Waals surface area contributed by atoms with E-state index < -0.39 is 5.97 Å². The highest BCUT2D eigenvalue weighted by atomic mass is 16.5. The number of rotatable bonds is 8. The molecule has 6 nitrogen and oxygen atoms in total. The zero-order valence-electron chi connectivity index (χ0n) is 15.0. The Labute approximate surface area is 148 Å². The summed E-state index contributed by atoms with van der Waals surface area (Å²) in [6.45, 7) is 4.43. The SMILES string of the molecule is CCOc1ccc(C(=O)OCC(=O)NC2CCCCC2)cc1OCC. The molecule has 2 rings (SSSR count). The van der Waals surface area contributed by atoms with Gasteiger partial charge in [-0.2, -0.15) is 0 Å². The Morgan fingerprint density at radius 3 is 2.40 bits per heavy atom. The predicted octanol–water partition coefficient (Wildman–Crippen LogP) is 3.09. The second kappa shape index (κ2) is 9.91. The zero-order valence-corrected chi connectivity index (χ0v) is 15.0. The van der Waals surface area contributed by atoms with Crippen molar-refractivity contribution in [2.45, 2.75) is 52.0 Å². The summed E-state index contributed by atoms with van der Waals surface area (Å²) >= 11 is 0. The van der Waals surface area contributed by atoms with Gasteiger partial charge >= 0.3 is 5.97 Å². The third-order valence-electron chi connectivity index (χ3n) is 4.08. The number of esters is 1. The lowest BCUT2D eigenvalue weighted by molar-refractivity contribution is -0.125. The van der Waals surface area contributed by atoms with Gasteiger partial charge in [0.2, 0.25) is 0 Å². The van der Waals surface area contributed by atoms with Gasteiger partial charge < -0.3 is 19.5 Å². The summed E-state index contributed by atoms with van der Waals surface area (Å²) in [4.78, 5) is 24.1. The number of ether oxygens (including phenoxy) is 3. The molecule has 6 heteroatoms. The summed E-state index contributed by atoms with van der Waals surface area (Å²) in [6.07, 6.45) is 5.49. The van der Waals surface area contributed by atoms with Gasteiger partial charge in [0.05, 0.1) is 18.8 Å². The fourth-order valence-electron chi connectivity index (χ4n) is 2.91. The first-order valence-electron chi connectivity index (χ1n) is 9.00. The summed E-state index contributed by atoms with van der Waals surface area (Å²) in [6, 6.07) is 5.06. The second-order valence-corrected chi connectivity index (χ2v) is 6.01. The number of hydrogen-bond donors (Lipinski definition) is 1. The average Bonchev–Trinajstić information content (AvgIpc) is 2.62. The predicted molar refractivity (Wildman–Crippen MR) is 94.1 cm³/mol. The van der Waals surface area contributed by atoms with E-state index in [1.54, 1.807) is 18.2 Å². The molecule has 1 fully saturated rings. The highest BCUT2D eigenvalue weighted by Crippen LogP contribution is 2.28. The molecule has 1 aliphatic rings. The van der Waals surface area contributed by atoms with Gasteiger partial charge in [-0.3, -0.25) is 4.79 Å². The number of benzene rings is 1. The van der Waals surface area contributed by atoms with Crippen molar-refractivity contribution < 1.29 is 23.8 Å². The van der Waals surface area contributed by atoms with E-state index in [-0.39, 0.29) is 18.6 Å². The number of hydrogen-bond acceptors (Lipinski definition) is 5. The minimum atomic E-state index is -0.553. The Morgan fingerprint density at radius 1 is 1.04 bits per heavy atom. The maximum absolute atomic E-state index is 12.2. The summed E-state index contributed by atoms with van der Waals surface area (Å²) < 4.78 is 16.1. The van der Waals surface area contributed by atoms with E-state index in [1.165, 1.54) is 6.42 Å². The van der Waals surface area contributed by atoms with Crippen LogP contribution in [-0.2, 0) is 9.53 Å². The summed E-state index contributed by atoms with van der Waals surface area (Å²) in [5.41, 5.74) is 0.331. The van der Waals surface area contributed by atoms with Crippen LogP contribution in [0, 0.1) is 0 Å². The van der Waals surface area contributed by atoms with Crippen LogP contribution >= 0.6 is 0 Å². The summed E-state index contributed by atoms with van der Waals surface area (Å²) in [7, 11) is 0. The zero-order chi connectivity index (χ0) is 18.1. The number of amides is 1. The molecule has 25 heavy (non-hydrogen) atoms. The summed E-state index contributed by atoms with van der Waals surface area (Å²) in [5, 5.41) is 2.92. The van der Waals surface area contributed by atoms with Crippen molar-refractivity contribution in [3.05, 3.63) is 23.8 Å². The molecular formula is C19H27NO5. The van der Waals surface area contributed by atoms with E-state index >= 15 is 0 Å². The van der Waals surface area contributed by atoms with E-state index in [0.717, 1.165) is 25.7 Å². The molecular weight excluding hydrogens is 322 g/mol. The molecule has 0 radical (unpaired) electrons. The van der Waals surface area contributed by atoms with Crippen LogP contribution < -0.4 is 14.8 Å². The lowest BCUT2D eigenvalue weighted by Gasteiger charge is -2.22. The number of carbonyl (C=O) groups excluding carboxylic acids is 2. The van der Waals surface area contributed by atoms with Gasteiger partial charge in [0, 0.05) is 6.04 Å². The maximum Gasteiger partial charge on any atom is 0.338 e. The number of carbonyl (C=O) groups is 2. The lowest BCUT2D eigenvalue weighted by atomic mass is 9.95. The van der Waals surface area contributed by atoms with Crippen LogP contribution in [-0.4, -0.2) is 37.7 Å². The monoisotopic (exact) mass is 349 g/mol. The topological polar surface area (TPSA) is 73.9 Å². The van der Waals surface area contributed by atoms with Crippen molar-refractivity contribution in [2.75, 3.05) is 19.8 Å². The first kappa shape index (κ1) is 19.1. The number of nitrogens with one attached hydrogen (secondary N) is 1. The van der Waals surface area contributed by atoms with Crippen LogP contribution in [0.4, 0.5) is 0 Å². The van der Waals surface area contributed by atoms with Crippen molar-refractivity contribution in [1.29, 1.82) is 0 Å². The van der Waals surface area contributed by atoms with Crippen molar-refractivity contribution in [3.63, 3.8) is 0 Å². The quantitative estimate of drug-likeness (QED) is 0.730. The second-order valence-electron chi connectivity index (χ2n) is 6.01. The Balaban J connectivity index is 1.88. The highest BCUT2D eigenvalue weighted by molar-refractivity contribution is 5.92. The Kier molecular flexibility index (Phi) is 7.57. The van der Waals surface area contributed by atoms with Gasteiger partial charge in [0.25, 0.3) is 5.91 Å². The Hall–Kier alpha value is -2.24. The molecule has 0 bridgehead atoms. The first-order valence-corrected chi connectivity index (χ1v) is 9.00. The van der Waals surface area contributed by atoms with Crippen molar-refractivity contribution in [2.24, 2.45) is 0 Å². The third-order valence-corrected chi connectivity index (χ3v) is 4.08. The normalized spacial score (nSPS) is 14.6. The molecule has 138 valence electrons. The fourth-order valence-corrected chi connectivity index (χ4v) is 2.91. The molecule has 0 unspecified atom stereocenters. The van der Waals surface area contributed by atoms with E-state index in [0.29, 0.717) is 30.3 Å². The van der Waals surface area contributed by atoms with Crippen LogP contribution in [0.25, 0.3) is 0 Å². The van der Waals surface area contributed by atoms with E-state index in [4.69, 9.17) is 14.2 Å². The standard InChI is InChI=1S/C19H27NO5/c1-3-23-16-11-10-14(12-17(16)24-4-2)19(22)25-13-18(21)20-15-8-6-5-7-9-15/h10-12,15H,3-9,13H2,1-2H3,(H,20,21). The minimum Gasteiger partial charge on any atom is -0.490 e. The molecule has 0 aliphatic heterocycles. The van der Waals surface area contributed by atoms with Gasteiger partial charge in [-0.15, -0.1) is 0 Å². The Morgan fingerprint density at radius 2 is 1.72 bits per heavy atom. The van der Waals surface area contributed by atoms with Crippen LogP contribution in [0.15, 0.2) is 18.2 Å². The molecule has 1 saturated carbocycles. The van der Waals surface area contributed by atoms with Crippen LogP contribution in [0.5, 0.6) is 11.5 Å². The smallest absolute Gasteiger partial charge is 0.338 e. The van der Waals surface area contributed by atoms with Crippen LogP contribution in [0.3, 0.4) is 0 Å². The van der Waals surface area contributed by atoms with Crippen LogP contribution in [0.1, 0.15) is 56.3 Å². The van der Waals surface area contributed by atoms with Crippen molar-refractivity contribution >= 4 is 11.9 Å². The van der Waals surface area contributed by atoms with E-state index in [9.17, 15) is 9.59 Å². The maximum atomic E-state index is 12.2. The largest absolute Gasteiger partial charge is 0.490 e. The molecule has 0 spiro atoms. The van der Waals surface area contributed by atoms with E-state index in [1.807, 2.05) is 13.8 Å². The molecule has 0 atom stereocenters. The molecule has 1 aromatic carbocycles.